The first-order chi connectivity index (χ1) is 9.39. The van der Waals surface area contributed by atoms with Crippen LogP contribution in [-0.4, -0.2) is 29.8 Å². The smallest absolute Gasteiger partial charge is 0.323 e. The molecule has 1 rings (SSSR count). The van der Waals surface area contributed by atoms with Crippen LogP contribution in [0.2, 0.25) is 0 Å². The highest BCUT2D eigenvalue weighted by Crippen LogP contribution is 2.21. The molecule has 0 amide bonds. The van der Waals surface area contributed by atoms with Crippen molar-refractivity contribution in [1.82, 2.24) is 5.32 Å². The summed E-state index contributed by atoms with van der Waals surface area (Å²) < 4.78 is 5.69. The van der Waals surface area contributed by atoms with E-state index in [-0.39, 0.29) is 0 Å². The van der Waals surface area contributed by atoms with Crippen LogP contribution in [-0.2, 0) is 4.79 Å². The summed E-state index contributed by atoms with van der Waals surface area (Å²) in [5.74, 6) is 0.393. The SMILES string of the molecule is CCNC(C)(CCOc1cccc(C(C)C)c1)C(=O)O. The van der Waals surface area contributed by atoms with E-state index in [1.807, 2.05) is 25.1 Å². The maximum absolute atomic E-state index is 11.3. The Morgan fingerprint density at radius 1 is 1.45 bits per heavy atom. The first kappa shape index (κ1) is 16.5. The summed E-state index contributed by atoms with van der Waals surface area (Å²) in [4.78, 5) is 11.3. The summed E-state index contributed by atoms with van der Waals surface area (Å²) in [5.41, 5.74) is 0.278. The molecule has 0 radical (unpaired) electrons. The predicted octanol–water partition coefficient (Wildman–Crippen LogP) is 3.03. The number of ether oxygens (including phenoxy) is 1. The van der Waals surface area contributed by atoms with E-state index in [4.69, 9.17) is 4.74 Å². The number of carboxylic acids is 1. The number of likely N-dealkylation sites (N-methyl/N-ethyl adjacent to an activating group) is 1. The average Bonchev–Trinajstić information content (AvgIpc) is 2.39. The van der Waals surface area contributed by atoms with E-state index in [0.717, 1.165) is 5.75 Å². The van der Waals surface area contributed by atoms with Gasteiger partial charge in [0.15, 0.2) is 0 Å². The molecule has 4 heteroatoms. The molecular formula is C16H25NO3. The first-order valence-corrected chi connectivity index (χ1v) is 7.10. The minimum Gasteiger partial charge on any atom is -0.493 e. The van der Waals surface area contributed by atoms with E-state index in [0.29, 0.717) is 25.5 Å². The van der Waals surface area contributed by atoms with Crippen molar-refractivity contribution in [1.29, 1.82) is 0 Å². The molecule has 0 aliphatic rings. The Kier molecular flexibility index (Phi) is 6.02. The van der Waals surface area contributed by atoms with Crippen LogP contribution in [0.4, 0.5) is 0 Å². The van der Waals surface area contributed by atoms with Crippen molar-refractivity contribution >= 4 is 5.97 Å². The molecule has 2 N–H and O–H groups in total. The van der Waals surface area contributed by atoms with Crippen molar-refractivity contribution in [2.75, 3.05) is 13.2 Å². The lowest BCUT2D eigenvalue weighted by Gasteiger charge is -2.25. The van der Waals surface area contributed by atoms with E-state index in [1.165, 1.54) is 5.56 Å². The van der Waals surface area contributed by atoms with Crippen LogP contribution >= 0.6 is 0 Å². The molecule has 1 atom stereocenters. The van der Waals surface area contributed by atoms with Gasteiger partial charge in [0.25, 0.3) is 0 Å². The molecule has 1 aromatic rings. The number of benzene rings is 1. The summed E-state index contributed by atoms with van der Waals surface area (Å²) in [6.45, 7) is 8.83. The summed E-state index contributed by atoms with van der Waals surface area (Å²) in [5, 5.41) is 12.3. The van der Waals surface area contributed by atoms with Crippen molar-refractivity contribution in [2.24, 2.45) is 0 Å². The fourth-order valence-electron chi connectivity index (χ4n) is 2.00. The zero-order valence-electron chi connectivity index (χ0n) is 12.8. The number of hydrogen-bond acceptors (Lipinski definition) is 3. The maximum atomic E-state index is 11.3. The van der Waals surface area contributed by atoms with Gasteiger partial charge in [-0.1, -0.05) is 32.9 Å². The van der Waals surface area contributed by atoms with Crippen LogP contribution in [0.15, 0.2) is 24.3 Å². The average molecular weight is 279 g/mol. The summed E-state index contributed by atoms with van der Waals surface area (Å²) in [7, 11) is 0. The van der Waals surface area contributed by atoms with Crippen LogP contribution in [0.25, 0.3) is 0 Å². The molecule has 0 spiro atoms. The zero-order chi connectivity index (χ0) is 15.2. The largest absolute Gasteiger partial charge is 0.493 e. The standard InChI is InChI=1S/C16H25NO3/c1-5-17-16(4,15(18)19)9-10-20-14-8-6-7-13(11-14)12(2)3/h6-8,11-12,17H,5,9-10H2,1-4H3,(H,18,19). The number of carbonyl (C=O) groups is 1. The van der Waals surface area contributed by atoms with Gasteiger partial charge < -0.3 is 15.2 Å². The van der Waals surface area contributed by atoms with Crippen LogP contribution in [0.1, 0.15) is 45.6 Å². The normalized spacial score (nSPS) is 14.1. The maximum Gasteiger partial charge on any atom is 0.323 e. The molecule has 1 aromatic carbocycles. The molecule has 0 heterocycles. The second-order valence-corrected chi connectivity index (χ2v) is 5.49. The van der Waals surface area contributed by atoms with E-state index in [2.05, 4.69) is 25.2 Å². The highest BCUT2D eigenvalue weighted by atomic mass is 16.5. The van der Waals surface area contributed by atoms with Gasteiger partial charge in [0.1, 0.15) is 11.3 Å². The topological polar surface area (TPSA) is 58.6 Å². The predicted molar refractivity (Wildman–Crippen MR) is 80.4 cm³/mol. The molecule has 0 aliphatic carbocycles. The number of aliphatic carboxylic acids is 1. The van der Waals surface area contributed by atoms with Gasteiger partial charge in [-0.3, -0.25) is 4.79 Å². The monoisotopic (exact) mass is 279 g/mol. The summed E-state index contributed by atoms with van der Waals surface area (Å²) in [6.07, 6.45) is 0.419. The Bertz CT molecular complexity index is 445. The van der Waals surface area contributed by atoms with Gasteiger partial charge in [-0.2, -0.15) is 0 Å². The van der Waals surface area contributed by atoms with Gasteiger partial charge in [0, 0.05) is 6.42 Å². The number of hydrogen-bond donors (Lipinski definition) is 2. The second kappa shape index (κ2) is 7.29. The van der Waals surface area contributed by atoms with Gasteiger partial charge in [-0.25, -0.2) is 0 Å². The molecule has 0 aliphatic heterocycles. The van der Waals surface area contributed by atoms with Gasteiger partial charge in [0.05, 0.1) is 6.61 Å². The van der Waals surface area contributed by atoms with Crippen molar-refractivity contribution < 1.29 is 14.6 Å². The van der Waals surface area contributed by atoms with E-state index in [1.54, 1.807) is 6.92 Å². The summed E-state index contributed by atoms with van der Waals surface area (Å²) >= 11 is 0. The van der Waals surface area contributed by atoms with Crippen molar-refractivity contribution in [2.45, 2.75) is 45.6 Å². The second-order valence-electron chi connectivity index (χ2n) is 5.49. The summed E-state index contributed by atoms with van der Waals surface area (Å²) in [6, 6.07) is 7.94. The Hall–Kier alpha value is -1.55. The first-order valence-electron chi connectivity index (χ1n) is 7.10. The van der Waals surface area contributed by atoms with Crippen LogP contribution in [0, 0.1) is 0 Å². The van der Waals surface area contributed by atoms with Crippen LogP contribution < -0.4 is 10.1 Å². The Morgan fingerprint density at radius 3 is 2.70 bits per heavy atom. The van der Waals surface area contributed by atoms with Crippen LogP contribution in [0.3, 0.4) is 0 Å². The third kappa shape index (κ3) is 4.53. The highest BCUT2D eigenvalue weighted by Gasteiger charge is 2.31. The number of rotatable bonds is 8. The molecule has 0 aromatic heterocycles. The van der Waals surface area contributed by atoms with Crippen molar-refractivity contribution in [3.8, 4) is 5.75 Å². The van der Waals surface area contributed by atoms with Crippen LogP contribution in [0.5, 0.6) is 5.75 Å². The molecule has 112 valence electrons. The van der Waals surface area contributed by atoms with Gasteiger partial charge >= 0.3 is 5.97 Å². The highest BCUT2D eigenvalue weighted by molar-refractivity contribution is 5.78. The van der Waals surface area contributed by atoms with E-state index < -0.39 is 11.5 Å². The fourth-order valence-corrected chi connectivity index (χ4v) is 2.00. The molecule has 0 saturated carbocycles. The van der Waals surface area contributed by atoms with Gasteiger partial charge in [-0.05, 0) is 37.1 Å². The molecule has 0 bridgehead atoms. The lowest BCUT2D eigenvalue weighted by Crippen LogP contribution is -2.50. The Morgan fingerprint density at radius 2 is 2.15 bits per heavy atom. The third-order valence-electron chi connectivity index (χ3n) is 3.43. The quantitative estimate of drug-likeness (QED) is 0.768. The fraction of sp³-hybridized carbons (Fsp3) is 0.562. The lowest BCUT2D eigenvalue weighted by molar-refractivity contribution is -0.144. The number of nitrogens with one attached hydrogen (secondary N) is 1. The van der Waals surface area contributed by atoms with Crippen molar-refractivity contribution in [3.63, 3.8) is 0 Å². The zero-order valence-corrected chi connectivity index (χ0v) is 12.8. The van der Waals surface area contributed by atoms with Gasteiger partial charge in [0.2, 0.25) is 0 Å². The Labute approximate surface area is 121 Å². The lowest BCUT2D eigenvalue weighted by atomic mass is 9.98. The van der Waals surface area contributed by atoms with E-state index >= 15 is 0 Å². The van der Waals surface area contributed by atoms with E-state index in [9.17, 15) is 9.90 Å². The molecular weight excluding hydrogens is 254 g/mol. The number of carboxylic acid groups (broad SMARTS) is 1. The molecule has 4 nitrogen and oxygen atoms in total. The Balaban J connectivity index is 2.59. The van der Waals surface area contributed by atoms with Gasteiger partial charge in [-0.15, -0.1) is 0 Å². The molecule has 20 heavy (non-hydrogen) atoms. The minimum absolute atomic E-state index is 0.372. The van der Waals surface area contributed by atoms with Crippen molar-refractivity contribution in [3.05, 3.63) is 29.8 Å². The molecule has 0 fully saturated rings. The third-order valence-corrected chi connectivity index (χ3v) is 3.43. The molecule has 0 saturated heterocycles. The molecule has 1 unspecified atom stereocenters. The minimum atomic E-state index is -0.940.